The highest BCUT2D eigenvalue weighted by Gasteiger charge is 2.18. The Labute approximate surface area is 198 Å². The fraction of sp³-hybridized carbons (Fsp3) is 0.107. The van der Waals surface area contributed by atoms with E-state index >= 15 is 0 Å². The second-order valence-corrected chi connectivity index (χ2v) is 8.28. The lowest BCUT2D eigenvalue weighted by atomic mass is 10.1. The molecule has 5 rings (SSSR count). The smallest absolute Gasteiger partial charge is 0.255 e. The molecule has 0 aliphatic carbocycles. The van der Waals surface area contributed by atoms with E-state index in [4.69, 9.17) is 5.10 Å². The van der Waals surface area contributed by atoms with E-state index in [1.807, 2.05) is 84.4 Å². The molecule has 0 aliphatic rings. The topological polar surface area (TPSA) is 64.7 Å². The predicted molar refractivity (Wildman–Crippen MR) is 133 cm³/mol. The van der Waals surface area contributed by atoms with Crippen LogP contribution in [0.4, 0.5) is 0 Å². The summed E-state index contributed by atoms with van der Waals surface area (Å²) in [6.45, 7) is 3.21. The van der Waals surface area contributed by atoms with Gasteiger partial charge in [-0.05, 0) is 36.2 Å². The number of aromatic nitrogens is 4. The number of amides is 1. The molecule has 0 bridgehead atoms. The van der Waals surface area contributed by atoms with Gasteiger partial charge in [-0.3, -0.25) is 4.79 Å². The molecule has 1 amide bonds. The van der Waals surface area contributed by atoms with Crippen LogP contribution in [-0.4, -0.2) is 25.2 Å². The zero-order valence-electron chi connectivity index (χ0n) is 18.9. The first-order chi connectivity index (χ1) is 16.7. The van der Waals surface area contributed by atoms with Crippen molar-refractivity contribution >= 4 is 5.91 Å². The number of hydrogen-bond donors (Lipinski definition) is 1. The van der Waals surface area contributed by atoms with Crippen LogP contribution >= 0.6 is 0 Å². The summed E-state index contributed by atoms with van der Waals surface area (Å²) >= 11 is 0. The van der Waals surface area contributed by atoms with Crippen LogP contribution in [-0.2, 0) is 13.1 Å². The van der Waals surface area contributed by atoms with Crippen LogP contribution in [0.5, 0.6) is 0 Å². The van der Waals surface area contributed by atoms with E-state index in [1.165, 1.54) is 0 Å². The van der Waals surface area contributed by atoms with Gasteiger partial charge in [-0.2, -0.15) is 5.10 Å². The van der Waals surface area contributed by atoms with Gasteiger partial charge >= 0.3 is 0 Å². The highest BCUT2D eigenvalue weighted by atomic mass is 16.1. The molecule has 168 valence electrons. The van der Waals surface area contributed by atoms with Crippen LogP contribution in [0.25, 0.3) is 16.9 Å². The van der Waals surface area contributed by atoms with Crippen molar-refractivity contribution in [2.75, 3.05) is 0 Å². The summed E-state index contributed by atoms with van der Waals surface area (Å²) in [6, 6.07) is 26.1. The fourth-order valence-corrected chi connectivity index (χ4v) is 3.97. The minimum atomic E-state index is -0.154. The number of nitrogens with one attached hydrogen (secondary N) is 1. The van der Waals surface area contributed by atoms with Crippen LogP contribution in [0, 0.1) is 6.92 Å². The number of nitrogens with zero attached hydrogens (tertiary/aromatic N) is 4. The van der Waals surface area contributed by atoms with Crippen molar-refractivity contribution in [1.29, 1.82) is 0 Å². The third kappa shape index (κ3) is 4.81. The minimum Gasteiger partial charge on any atom is -0.348 e. The molecule has 34 heavy (non-hydrogen) atoms. The van der Waals surface area contributed by atoms with Gasteiger partial charge in [0.25, 0.3) is 5.91 Å². The van der Waals surface area contributed by atoms with Crippen molar-refractivity contribution in [2.24, 2.45) is 0 Å². The third-order valence-corrected chi connectivity index (χ3v) is 5.64. The summed E-state index contributed by atoms with van der Waals surface area (Å²) in [5.41, 5.74) is 6.35. The maximum absolute atomic E-state index is 13.3. The molecule has 2 heterocycles. The molecule has 1 N–H and O–H groups in total. The van der Waals surface area contributed by atoms with Gasteiger partial charge in [-0.25, -0.2) is 9.67 Å². The third-order valence-electron chi connectivity index (χ3n) is 5.64. The molecule has 0 atom stereocenters. The van der Waals surface area contributed by atoms with Gasteiger partial charge in [0, 0.05) is 37.2 Å². The number of para-hydroxylation sites is 1. The van der Waals surface area contributed by atoms with Crippen molar-refractivity contribution in [3.05, 3.63) is 126 Å². The monoisotopic (exact) mass is 447 g/mol. The van der Waals surface area contributed by atoms with Crippen molar-refractivity contribution < 1.29 is 4.79 Å². The number of aryl methyl sites for hydroxylation is 1. The van der Waals surface area contributed by atoms with Crippen molar-refractivity contribution in [2.45, 2.75) is 20.0 Å². The normalized spacial score (nSPS) is 10.9. The van der Waals surface area contributed by atoms with E-state index in [0.717, 1.165) is 34.5 Å². The van der Waals surface area contributed by atoms with Gasteiger partial charge in [0.2, 0.25) is 0 Å². The Morgan fingerprint density at radius 1 is 0.941 bits per heavy atom. The van der Waals surface area contributed by atoms with Gasteiger partial charge in [-0.15, -0.1) is 0 Å². The zero-order valence-corrected chi connectivity index (χ0v) is 18.9. The maximum Gasteiger partial charge on any atom is 0.255 e. The molecule has 6 heteroatoms. The first-order valence-electron chi connectivity index (χ1n) is 11.2. The van der Waals surface area contributed by atoms with E-state index in [-0.39, 0.29) is 5.91 Å². The van der Waals surface area contributed by atoms with Gasteiger partial charge in [0.05, 0.1) is 17.6 Å². The number of carbonyl (C=O) groups excluding carboxylic acids is 1. The Morgan fingerprint density at radius 2 is 1.76 bits per heavy atom. The van der Waals surface area contributed by atoms with Crippen LogP contribution in [0.2, 0.25) is 0 Å². The number of imidazole rings is 1. The van der Waals surface area contributed by atoms with Crippen LogP contribution in [0.1, 0.15) is 27.0 Å². The molecular weight excluding hydrogens is 422 g/mol. The SMILES string of the molecule is Cc1cccc(-c2nn(-c3ccccc3)cc2C(=O)NCc2cccc(Cn3ccnc3)c2)c1. The molecule has 6 nitrogen and oxygen atoms in total. The van der Waals surface area contributed by atoms with E-state index in [2.05, 4.69) is 22.4 Å². The average molecular weight is 448 g/mol. The average Bonchev–Trinajstić information content (AvgIpc) is 3.54. The Bertz CT molecular complexity index is 1400. The van der Waals surface area contributed by atoms with Gasteiger partial charge in [0.15, 0.2) is 0 Å². The van der Waals surface area contributed by atoms with Gasteiger partial charge in [0.1, 0.15) is 5.69 Å². The van der Waals surface area contributed by atoms with Crippen LogP contribution < -0.4 is 5.32 Å². The summed E-state index contributed by atoms with van der Waals surface area (Å²) in [5, 5.41) is 7.85. The molecule has 0 unspecified atom stereocenters. The lowest BCUT2D eigenvalue weighted by Gasteiger charge is -2.08. The van der Waals surface area contributed by atoms with Crippen molar-refractivity contribution in [3.8, 4) is 16.9 Å². The molecule has 0 spiro atoms. The second-order valence-electron chi connectivity index (χ2n) is 8.28. The summed E-state index contributed by atoms with van der Waals surface area (Å²) < 4.78 is 3.78. The molecule has 0 fully saturated rings. The molecule has 0 saturated carbocycles. The van der Waals surface area contributed by atoms with Gasteiger partial charge in [-0.1, -0.05) is 66.2 Å². The summed E-state index contributed by atoms with van der Waals surface area (Å²) in [5.74, 6) is -0.154. The second kappa shape index (κ2) is 9.58. The molecule has 0 aliphatic heterocycles. The maximum atomic E-state index is 13.3. The lowest BCUT2D eigenvalue weighted by molar-refractivity contribution is 0.0951. The van der Waals surface area contributed by atoms with Crippen LogP contribution in [0.3, 0.4) is 0 Å². The number of carbonyl (C=O) groups is 1. The first-order valence-corrected chi connectivity index (χ1v) is 11.2. The minimum absolute atomic E-state index is 0.154. The molecule has 0 radical (unpaired) electrons. The molecule has 5 aromatic rings. The van der Waals surface area contributed by atoms with Crippen molar-refractivity contribution in [1.82, 2.24) is 24.6 Å². The Hall–Kier alpha value is -4.45. The number of benzene rings is 3. The van der Waals surface area contributed by atoms with E-state index in [1.54, 1.807) is 23.4 Å². The highest BCUT2D eigenvalue weighted by molar-refractivity contribution is 6.00. The molecule has 2 aromatic heterocycles. The van der Waals surface area contributed by atoms with Gasteiger partial charge < -0.3 is 9.88 Å². The summed E-state index contributed by atoms with van der Waals surface area (Å²) in [6.07, 6.45) is 7.31. The summed E-state index contributed by atoms with van der Waals surface area (Å²) in [7, 11) is 0. The zero-order chi connectivity index (χ0) is 23.3. The van der Waals surface area contributed by atoms with E-state index < -0.39 is 0 Å². The molecule has 0 saturated heterocycles. The largest absolute Gasteiger partial charge is 0.348 e. The van der Waals surface area contributed by atoms with Crippen LogP contribution in [0.15, 0.2) is 104 Å². The number of hydrogen-bond acceptors (Lipinski definition) is 3. The predicted octanol–water partition coefficient (Wildman–Crippen LogP) is 5.02. The first kappa shape index (κ1) is 21.4. The quantitative estimate of drug-likeness (QED) is 0.381. The van der Waals surface area contributed by atoms with E-state index in [0.29, 0.717) is 17.8 Å². The number of rotatable bonds is 7. The molecule has 3 aromatic carbocycles. The summed E-state index contributed by atoms with van der Waals surface area (Å²) in [4.78, 5) is 17.4. The Morgan fingerprint density at radius 3 is 2.56 bits per heavy atom. The standard InChI is InChI=1S/C28H25N5O/c1-21-7-5-10-24(15-21)27-26(19-33(31-27)25-11-3-2-4-12-25)28(34)30-17-22-8-6-9-23(16-22)18-32-14-13-29-20-32/h2-16,19-20H,17-18H2,1H3,(H,30,34). The van der Waals surface area contributed by atoms with E-state index in [9.17, 15) is 4.79 Å². The highest BCUT2D eigenvalue weighted by Crippen LogP contribution is 2.25. The Kier molecular flexibility index (Phi) is 6.03. The lowest BCUT2D eigenvalue weighted by Crippen LogP contribution is -2.23. The Balaban J connectivity index is 1.39. The molecular formula is C28H25N5O. The fourth-order valence-electron chi connectivity index (χ4n) is 3.97. The van der Waals surface area contributed by atoms with Crippen molar-refractivity contribution in [3.63, 3.8) is 0 Å².